The minimum absolute atomic E-state index is 0.0751. The molecule has 0 radical (unpaired) electrons. The molecule has 3 aromatic heterocycles. The predicted molar refractivity (Wildman–Crippen MR) is 89.7 cm³/mol. The number of hydrogen-bond acceptors (Lipinski definition) is 5. The van der Waals surface area contributed by atoms with Gasteiger partial charge in [0.05, 0.1) is 12.0 Å². The van der Waals surface area contributed by atoms with Crippen molar-refractivity contribution < 1.29 is 9.21 Å². The van der Waals surface area contributed by atoms with Crippen LogP contribution in [0.1, 0.15) is 18.5 Å². The van der Waals surface area contributed by atoms with E-state index in [4.69, 9.17) is 4.42 Å². The van der Waals surface area contributed by atoms with Crippen molar-refractivity contribution in [3.63, 3.8) is 0 Å². The van der Waals surface area contributed by atoms with Crippen molar-refractivity contribution in [1.82, 2.24) is 14.8 Å². The quantitative estimate of drug-likeness (QED) is 0.699. The van der Waals surface area contributed by atoms with Crippen LogP contribution in [0.15, 0.2) is 46.9 Å². The number of aromatic nitrogens is 3. The van der Waals surface area contributed by atoms with E-state index in [-0.39, 0.29) is 5.91 Å². The van der Waals surface area contributed by atoms with E-state index in [1.54, 1.807) is 17.0 Å². The zero-order valence-corrected chi connectivity index (χ0v) is 13.5. The summed E-state index contributed by atoms with van der Waals surface area (Å²) in [6, 6.07) is 5.49. The number of carbonyl (C=O) groups is 1. The van der Waals surface area contributed by atoms with Gasteiger partial charge >= 0.3 is 0 Å². The first-order chi connectivity index (χ1) is 11.2. The first-order valence-corrected chi connectivity index (χ1v) is 8.02. The fourth-order valence-corrected chi connectivity index (χ4v) is 2.85. The summed E-state index contributed by atoms with van der Waals surface area (Å²) in [7, 11) is 0. The lowest BCUT2D eigenvalue weighted by molar-refractivity contribution is -0.116. The molecule has 0 aliphatic carbocycles. The van der Waals surface area contributed by atoms with Crippen LogP contribution < -0.4 is 5.32 Å². The van der Waals surface area contributed by atoms with Crippen LogP contribution in [0.2, 0.25) is 0 Å². The van der Waals surface area contributed by atoms with Gasteiger partial charge in [0, 0.05) is 17.9 Å². The molecule has 3 heterocycles. The zero-order valence-electron chi connectivity index (χ0n) is 12.7. The molecule has 0 spiro atoms. The van der Waals surface area contributed by atoms with Gasteiger partial charge in [0.1, 0.15) is 11.5 Å². The number of nitrogens with zero attached hydrogens (tertiary/aromatic N) is 3. The molecule has 0 fully saturated rings. The Morgan fingerprint density at radius 1 is 1.57 bits per heavy atom. The Labute approximate surface area is 137 Å². The number of allylic oxidation sites excluding steroid dienone is 1. The molecule has 1 amide bonds. The highest BCUT2D eigenvalue weighted by atomic mass is 32.1. The Morgan fingerprint density at radius 3 is 3.17 bits per heavy atom. The van der Waals surface area contributed by atoms with E-state index in [9.17, 15) is 4.79 Å². The first kappa shape index (κ1) is 15.2. The monoisotopic (exact) mass is 328 g/mol. The number of thiazole rings is 1. The maximum absolute atomic E-state index is 11.9. The van der Waals surface area contributed by atoms with Crippen molar-refractivity contribution >= 4 is 23.1 Å². The number of hydrogen-bond donors (Lipinski definition) is 1. The van der Waals surface area contributed by atoms with Crippen LogP contribution in [0.3, 0.4) is 0 Å². The first-order valence-electron chi connectivity index (χ1n) is 7.14. The molecular weight excluding hydrogens is 312 g/mol. The van der Waals surface area contributed by atoms with Gasteiger partial charge in [-0.05, 0) is 25.5 Å². The molecular formula is C16H16N4O2S. The zero-order chi connectivity index (χ0) is 16.2. The van der Waals surface area contributed by atoms with Crippen molar-refractivity contribution in [2.24, 2.45) is 0 Å². The molecule has 0 bridgehead atoms. The summed E-state index contributed by atoms with van der Waals surface area (Å²) >= 11 is 1.44. The lowest BCUT2D eigenvalue weighted by atomic mass is 10.3. The van der Waals surface area contributed by atoms with E-state index in [0.29, 0.717) is 29.6 Å². The van der Waals surface area contributed by atoms with Crippen LogP contribution in [0.4, 0.5) is 5.82 Å². The Kier molecular flexibility index (Phi) is 4.38. The summed E-state index contributed by atoms with van der Waals surface area (Å²) in [4.78, 5) is 16.4. The third kappa shape index (κ3) is 3.40. The molecule has 0 aromatic carbocycles. The molecule has 0 aliphatic rings. The van der Waals surface area contributed by atoms with E-state index in [1.165, 1.54) is 11.3 Å². The van der Waals surface area contributed by atoms with Gasteiger partial charge in [0.15, 0.2) is 5.76 Å². The highest BCUT2D eigenvalue weighted by Crippen LogP contribution is 2.26. The molecule has 0 atom stereocenters. The van der Waals surface area contributed by atoms with Crippen LogP contribution in [0.5, 0.6) is 0 Å². The Balaban J connectivity index is 1.85. The average molecular weight is 328 g/mol. The van der Waals surface area contributed by atoms with Crippen LogP contribution >= 0.6 is 11.3 Å². The average Bonchev–Trinajstić information content (AvgIpc) is 3.24. The number of rotatable bonds is 6. The minimum atomic E-state index is -0.0751. The third-order valence-electron chi connectivity index (χ3n) is 3.12. The van der Waals surface area contributed by atoms with E-state index in [1.807, 2.05) is 30.5 Å². The lowest BCUT2D eigenvalue weighted by Crippen LogP contribution is -2.14. The van der Waals surface area contributed by atoms with E-state index < -0.39 is 0 Å². The SMILES string of the molecule is C=CCCC(=O)Nc1cc(C)nn1-c1nc(-c2ccco2)cs1. The van der Waals surface area contributed by atoms with E-state index >= 15 is 0 Å². The Morgan fingerprint density at radius 2 is 2.43 bits per heavy atom. The van der Waals surface area contributed by atoms with E-state index in [2.05, 4.69) is 22.0 Å². The molecule has 23 heavy (non-hydrogen) atoms. The number of anilines is 1. The van der Waals surface area contributed by atoms with Gasteiger partial charge < -0.3 is 9.73 Å². The van der Waals surface area contributed by atoms with Gasteiger partial charge in [0.25, 0.3) is 0 Å². The third-order valence-corrected chi connectivity index (χ3v) is 3.94. The summed E-state index contributed by atoms with van der Waals surface area (Å²) in [6.07, 6.45) is 4.36. The Bertz CT molecular complexity index is 817. The normalized spacial score (nSPS) is 10.7. The second-order valence-corrected chi connectivity index (χ2v) is 5.79. The van der Waals surface area contributed by atoms with Gasteiger partial charge in [-0.25, -0.2) is 4.98 Å². The summed E-state index contributed by atoms with van der Waals surface area (Å²) in [5, 5.41) is 9.84. The van der Waals surface area contributed by atoms with Crippen molar-refractivity contribution in [3.8, 4) is 16.6 Å². The molecule has 0 aliphatic heterocycles. The number of furan rings is 1. The summed E-state index contributed by atoms with van der Waals surface area (Å²) in [6.45, 7) is 5.49. The number of nitrogens with one attached hydrogen (secondary N) is 1. The molecule has 0 unspecified atom stereocenters. The van der Waals surface area contributed by atoms with Crippen LogP contribution in [0.25, 0.3) is 16.6 Å². The van der Waals surface area contributed by atoms with Gasteiger partial charge in [-0.15, -0.1) is 17.9 Å². The maximum atomic E-state index is 11.9. The number of aryl methyl sites for hydroxylation is 1. The van der Waals surface area contributed by atoms with E-state index in [0.717, 1.165) is 11.4 Å². The lowest BCUT2D eigenvalue weighted by Gasteiger charge is -2.05. The van der Waals surface area contributed by atoms with Crippen LogP contribution in [0, 0.1) is 6.92 Å². The van der Waals surface area contributed by atoms with Crippen LogP contribution in [-0.2, 0) is 4.79 Å². The van der Waals surface area contributed by atoms with Gasteiger partial charge in [-0.3, -0.25) is 4.79 Å². The topological polar surface area (TPSA) is 73.0 Å². The molecule has 6 nitrogen and oxygen atoms in total. The molecule has 118 valence electrons. The van der Waals surface area contributed by atoms with Crippen molar-refractivity contribution in [2.45, 2.75) is 19.8 Å². The predicted octanol–water partition coefficient (Wildman–Crippen LogP) is 3.80. The molecule has 0 saturated carbocycles. The molecule has 7 heteroatoms. The van der Waals surface area contributed by atoms with Crippen molar-refractivity contribution in [1.29, 1.82) is 0 Å². The van der Waals surface area contributed by atoms with Gasteiger partial charge in [0.2, 0.25) is 11.0 Å². The van der Waals surface area contributed by atoms with Crippen molar-refractivity contribution in [2.75, 3.05) is 5.32 Å². The van der Waals surface area contributed by atoms with Gasteiger partial charge in [-0.2, -0.15) is 9.78 Å². The maximum Gasteiger partial charge on any atom is 0.225 e. The van der Waals surface area contributed by atoms with Gasteiger partial charge in [-0.1, -0.05) is 6.08 Å². The fraction of sp³-hybridized carbons (Fsp3) is 0.188. The molecule has 3 aromatic rings. The smallest absolute Gasteiger partial charge is 0.225 e. The van der Waals surface area contributed by atoms with Crippen LogP contribution in [-0.4, -0.2) is 20.7 Å². The second kappa shape index (κ2) is 6.62. The highest BCUT2D eigenvalue weighted by Gasteiger charge is 2.14. The summed E-state index contributed by atoms with van der Waals surface area (Å²) < 4.78 is 6.99. The highest BCUT2D eigenvalue weighted by molar-refractivity contribution is 7.12. The number of amides is 1. The standard InChI is InChI=1S/C16H16N4O2S/c1-3-4-7-15(21)18-14-9-11(2)19-20(14)16-17-12(10-23-16)13-6-5-8-22-13/h3,5-6,8-10H,1,4,7H2,2H3,(H,18,21). The Hall–Kier alpha value is -2.67. The minimum Gasteiger partial charge on any atom is -0.463 e. The molecule has 0 saturated heterocycles. The second-order valence-electron chi connectivity index (χ2n) is 4.95. The largest absolute Gasteiger partial charge is 0.463 e. The van der Waals surface area contributed by atoms with Crippen molar-refractivity contribution in [3.05, 3.63) is 48.2 Å². The number of carbonyl (C=O) groups excluding carboxylic acids is 1. The fourth-order valence-electron chi connectivity index (χ4n) is 2.07. The summed E-state index contributed by atoms with van der Waals surface area (Å²) in [5.74, 6) is 1.23. The molecule has 3 rings (SSSR count). The summed E-state index contributed by atoms with van der Waals surface area (Å²) in [5.41, 5.74) is 1.55. The molecule has 1 N–H and O–H groups in total.